The minimum atomic E-state index is -4.11. The van der Waals surface area contributed by atoms with Crippen LogP contribution in [0, 0.1) is 5.41 Å². The molecule has 0 bridgehead atoms. The minimum Gasteiger partial charge on any atom is -0.476 e. The smallest absolute Gasteiger partial charge is 0.405 e. The summed E-state index contributed by atoms with van der Waals surface area (Å²) in [4.78, 5) is 37.1. The fourth-order valence-electron chi connectivity index (χ4n) is 4.83. The van der Waals surface area contributed by atoms with Gasteiger partial charge in [-0.25, -0.2) is 19.0 Å². The number of nitrogens with two attached hydrogens (primary N) is 1. The number of aliphatic hydroxyl groups excluding tert-OH is 1. The highest BCUT2D eigenvalue weighted by Gasteiger charge is 2.56. The predicted octanol–water partition coefficient (Wildman–Crippen LogP) is 4.35. The van der Waals surface area contributed by atoms with Crippen LogP contribution in [0.4, 0.5) is 10.3 Å². The lowest BCUT2D eigenvalue weighted by atomic mass is 9.97. The number of esters is 1. The molecule has 0 aliphatic carbocycles. The number of benzene rings is 1. The van der Waals surface area contributed by atoms with Gasteiger partial charge in [-0.1, -0.05) is 49.0 Å². The van der Waals surface area contributed by atoms with Crippen LogP contribution in [0.15, 0.2) is 36.7 Å². The molecule has 2 aromatic heterocycles. The molecule has 0 amide bonds. The number of nitrogens with one attached hydrogen (secondary N) is 1. The number of aliphatic hydroxyl groups is 1. The molecular weight excluding hydrogens is 682 g/mol. The molecule has 0 radical (unpaired) electrons. The van der Waals surface area contributed by atoms with E-state index in [2.05, 4.69) is 20.0 Å². The second kappa shape index (κ2) is 16.7. The molecule has 3 aromatic rings. The Balaban J connectivity index is 1.42. The highest BCUT2D eigenvalue weighted by molar-refractivity contribution is 8.13. The van der Waals surface area contributed by atoms with Crippen LogP contribution in [0.1, 0.15) is 59.3 Å². The summed E-state index contributed by atoms with van der Waals surface area (Å²) in [5.74, 6) is -0.272. The molecule has 18 heteroatoms. The van der Waals surface area contributed by atoms with Gasteiger partial charge in [-0.05, 0) is 39.7 Å². The molecule has 0 spiro atoms. The van der Waals surface area contributed by atoms with Crippen LogP contribution in [0.2, 0.25) is 0 Å². The third-order valence-corrected chi connectivity index (χ3v) is 10.3. The second-order valence-corrected chi connectivity index (χ2v) is 15.0. The number of nitrogens with zero attached hydrogens (tertiary/aromatic N) is 4. The van der Waals surface area contributed by atoms with Crippen molar-refractivity contribution < 1.29 is 46.9 Å². The van der Waals surface area contributed by atoms with Crippen LogP contribution in [-0.2, 0) is 39.2 Å². The quantitative estimate of drug-likeness (QED) is 0.0949. The van der Waals surface area contributed by atoms with Crippen molar-refractivity contribution in [2.45, 2.75) is 78.1 Å². The van der Waals surface area contributed by atoms with Crippen molar-refractivity contribution in [1.29, 1.82) is 0 Å². The fraction of sp³-hybridized carbons (Fsp3) is 0.581. The number of rotatable bonds is 18. The molecule has 1 aliphatic rings. The Kier molecular flexibility index (Phi) is 13.2. The SMILES string of the molecule is CCCC(=O)OCC(C)(C)C(=O)SCCOP(=O)(NCc1ccccc1)OCC1OC(n2cnc3c(OCC)nc(N)nc32)C(C)(F)C1O. The van der Waals surface area contributed by atoms with Gasteiger partial charge in [0.2, 0.25) is 11.8 Å². The lowest BCUT2D eigenvalue weighted by Crippen LogP contribution is -2.40. The van der Waals surface area contributed by atoms with E-state index in [0.29, 0.717) is 6.42 Å². The number of aromatic nitrogens is 4. The minimum absolute atomic E-state index is 0.0696. The molecule has 1 saturated heterocycles. The van der Waals surface area contributed by atoms with Crippen molar-refractivity contribution in [3.05, 3.63) is 42.2 Å². The van der Waals surface area contributed by atoms with E-state index in [1.54, 1.807) is 20.8 Å². The van der Waals surface area contributed by atoms with Gasteiger partial charge in [0, 0.05) is 18.7 Å². The largest absolute Gasteiger partial charge is 0.476 e. The van der Waals surface area contributed by atoms with E-state index in [1.165, 1.54) is 10.9 Å². The van der Waals surface area contributed by atoms with E-state index >= 15 is 4.39 Å². The number of alkyl halides is 1. The number of hydrogen-bond acceptors (Lipinski definition) is 14. The van der Waals surface area contributed by atoms with E-state index < -0.39 is 43.9 Å². The maximum Gasteiger partial charge on any atom is 0.405 e. The van der Waals surface area contributed by atoms with Crippen molar-refractivity contribution in [2.24, 2.45) is 5.41 Å². The number of carbonyl (C=O) groups is 2. The summed E-state index contributed by atoms with van der Waals surface area (Å²) in [6, 6.07) is 9.09. The zero-order valence-corrected chi connectivity index (χ0v) is 29.9. The maximum absolute atomic E-state index is 16.1. The molecule has 270 valence electrons. The van der Waals surface area contributed by atoms with Crippen LogP contribution in [0.3, 0.4) is 0 Å². The summed E-state index contributed by atoms with van der Waals surface area (Å²) < 4.78 is 59.4. The van der Waals surface area contributed by atoms with Gasteiger partial charge in [0.25, 0.3) is 0 Å². The molecule has 3 heterocycles. The molecule has 1 aromatic carbocycles. The third kappa shape index (κ3) is 9.75. The van der Waals surface area contributed by atoms with Crippen molar-refractivity contribution in [3.8, 4) is 5.88 Å². The van der Waals surface area contributed by atoms with Gasteiger partial charge in [-0.2, -0.15) is 9.97 Å². The molecule has 4 rings (SSSR count). The molecule has 5 atom stereocenters. The lowest BCUT2D eigenvalue weighted by molar-refractivity contribution is -0.147. The number of ether oxygens (including phenoxy) is 3. The van der Waals surface area contributed by atoms with Gasteiger partial charge in [-0.3, -0.25) is 23.2 Å². The number of nitrogen functional groups attached to an aromatic ring is 1. The number of carbonyl (C=O) groups excluding carboxylic acids is 2. The summed E-state index contributed by atoms with van der Waals surface area (Å²) in [7, 11) is -4.11. The lowest BCUT2D eigenvalue weighted by Gasteiger charge is -2.25. The normalized spacial score (nSPS) is 22.2. The summed E-state index contributed by atoms with van der Waals surface area (Å²) in [6.07, 6.45) is -2.23. The predicted molar refractivity (Wildman–Crippen MR) is 180 cm³/mol. The highest BCUT2D eigenvalue weighted by atomic mass is 32.2. The molecule has 0 saturated carbocycles. The Bertz CT molecular complexity index is 1630. The van der Waals surface area contributed by atoms with E-state index in [9.17, 15) is 19.3 Å². The van der Waals surface area contributed by atoms with E-state index in [0.717, 1.165) is 24.2 Å². The van der Waals surface area contributed by atoms with Gasteiger partial charge in [-0.15, -0.1) is 0 Å². The Labute approximate surface area is 288 Å². The standard InChI is InChI=1S/C31H44FN6O9PS/c1-6-11-22(39)44-18-30(3,4)28(41)49-15-14-45-48(42,35-16-20-12-9-8-10-13-20)46-17-21-24(40)31(5,32)27(47-21)38-19-34-23-25(38)36-29(33)37-26(23)43-7-2/h8-10,12-13,19,21,24,27,40H,6-7,11,14-18H2,1-5H3,(H,35,42)(H2,33,36,37). The third-order valence-electron chi connectivity index (χ3n) is 7.56. The van der Waals surface area contributed by atoms with Crippen molar-refractivity contribution in [2.75, 3.05) is 37.9 Å². The van der Waals surface area contributed by atoms with Crippen LogP contribution in [-0.4, -0.2) is 85.8 Å². The molecule has 1 fully saturated rings. The molecule has 1 aliphatic heterocycles. The Morgan fingerprint density at radius 2 is 1.96 bits per heavy atom. The highest BCUT2D eigenvalue weighted by Crippen LogP contribution is 2.48. The zero-order valence-electron chi connectivity index (χ0n) is 28.2. The number of halogens is 1. The maximum atomic E-state index is 16.1. The number of fused-ring (bicyclic) bond motifs is 1. The molecule has 15 nitrogen and oxygen atoms in total. The first-order chi connectivity index (χ1) is 23.2. The summed E-state index contributed by atoms with van der Waals surface area (Å²) >= 11 is 0.941. The van der Waals surface area contributed by atoms with E-state index in [1.807, 2.05) is 37.3 Å². The number of anilines is 1. The van der Waals surface area contributed by atoms with E-state index in [-0.39, 0.29) is 72.6 Å². The van der Waals surface area contributed by atoms with Crippen molar-refractivity contribution in [1.82, 2.24) is 24.6 Å². The molecule has 5 unspecified atom stereocenters. The van der Waals surface area contributed by atoms with Crippen LogP contribution >= 0.6 is 19.5 Å². The number of thioether (sulfide) groups is 1. The monoisotopic (exact) mass is 726 g/mol. The average Bonchev–Trinajstić information content (AvgIpc) is 3.58. The second-order valence-electron chi connectivity index (χ2n) is 12.1. The average molecular weight is 727 g/mol. The molecule has 4 N–H and O–H groups in total. The number of hydrogen-bond donors (Lipinski definition) is 3. The van der Waals surface area contributed by atoms with E-state index in [4.69, 9.17) is 29.0 Å². The van der Waals surface area contributed by atoms with Gasteiger partial charge in [0.15, 0.2) is 28.2 Å². The van der Waals surface area contributed by atoms with Gasteiger partial charge in [0.1, 0.15) is 18.8 Å². The van der Waals surface area contributed by atoms with Crippen molar-refractivity contribution >= 4 is 47.7 Å². The fourth-order valence-corrected chi connectivity index (χ4v) is 7.07. The first kappa shape index (κ1) is 38.6. The summed E-state index contributed by atoms with van der Waals surface area (Å²) in [5, 5.41) is 13.5. The van der Waals surface area contributed by atoms with Crippen LogP contribution in [0.25, 0.3) is 11.2 Å². The topological polar surface area (TPSA) is 199 Å². The van der Waals surface area contributed by atoms with Gasteiger partial charge in [0.05, 0.1) is 31.6 Å². The van der Waals surface area contributed by atoms with Crippen molar-refractivity contribution in [3.63, 3.8) is 0 Å². The molecular formula is C31H44FN6O9PS. The van der Waals surface area contributed by atoms with Gasteiger partial charge < -0.3 is 25.1 Å². The summed E-state index contributed by atoms with van der Waals surface area (Å²) in [5.41, 5.74) is 3.68. The molecule has 49 heavy (non-hydrogen) atoms. The van der Waals surface area contributed by atoms with Crippen LogP contribution in [0.5, 0.6) is 5.88 Å². The number of imidazole rings is 1. The zero-order chi connectivity index (χ0) is 35.8. The van der Waals surface area contributed by atoms with Crippen LogP contribution < -0.4 is 15.6 Å². The van der Waals surface area contributed by atoms with Gasteiger partial charge >= 0.3 is 13.7 Å². The Morgan fingerprint density at radius 3 is 2.65 bits per heavy atom. The Morgan fingerprint density at radius 1 is 1.22 bits per heavy atom. The Hall–Kier alpha value is -3.18. The first-order valence-corrected chi connectivity index (χ1v) is 18.4. The summed E-state index contributed by atoms with van der Waals surface area (Å²) in [6.45, 7) is 7.74. The first-order valence-electron chi connectivity index (χ1n) is 15.9.